The Labute approximate surface area is 103 Å². The highest BCUT2D eigenvalue weighted by molar-refractivity contribution is 5.22. The summed E-state index contributed by atoms with van der Waals surface area (Å²) in [5.74, 6) is 0. The number of hydrogen-bond acceptors (Lipinski definition) is 3. The molecular formula is C14H21NO2. The third-order valence-corrected chi connectivity index (χ3v) is 3.24. The molecule has 1 N–H and O–H groups in total. The number of hydrogen-bond donors (Lipinski definition) is 1. The zero-order valence-corrected chi connectivity index (χ0v) is 10.3. The SMILES string of the molecule is OCCc1ccc(CCN2CCOCC2)cc1. The molecular weight excluding hydrogens is 214 g/mol. The molecule has 0 amide bonds. The summed E-state index contributed by atoms with van der Waals surface area (Å²) in [6, 6.07) is 8.58. The Morgan fingerprint density at radius 2 is 1.59 bits per heavy atom. The van der Waals surface area contributed by atoms with Gasteiger partial charge in [0.1, 0.15) is 0 Å². The van der Waals surface area contributed by atoms with Gasteiger partial charge in [-0.3, -0.25) is 4.90 Å². The Morgan fingerprint density at radius 1 is 1.00 bits per heavy atom. The van der Waals surface area contributed by atoms with Gasteiger partial charge in [-0.25, -0.2) is 0 Å². The molecule has 2 rings (SSSR count). The van der Waals surface area contributed by atoms with Crippen molar-refractivity contribution in [2.45, 2.75) is 12.8 Å². The molecule has 0 unspecified atom stereocenters. The molecule has 1 aliphatic heterocycles. The Balaban J connectivity index is 1.77. The topological polar surface area (TPSA) is 32.7 Å². The largest absolute Gasteiger partial charge is 0.396 e. The molecule has 0 bridgehead atoms. The monoisotopic (exact) mass is 235 g/mol. The van der Waals surface area contributed by atoms with Crippen LogP contribution in [0.25, 0.3) is 0 Å². The first-order chi connectivity index (χ1) is 8.38. The summed E-state index contributed by atoms with van der Waals surface area (Å²) in [7, 11) is 0. The van der Waals surface area contributed by atoms with Crippen molar-refractivity contribution in [2.75, 3.05) is 39.5 Å². The second-order valence-electron chi connectivity index (χ2n) is 4.49. The smallest absolute Gasteiger partial charge is 0.0594 e. The van der Waals surface area contributed by atoms with Crippen molar-refractivity contribution in [3.05, 3.63) is 35.4 Å². The summed E-state index contributed by atoms with van der Waals surface area (Å²) in [5.41, 5.74) is 2.58. The number of nitrogens with zero attached hydrogens (tertiary/aromatic N) is 1. The molecule has 3 heteroatoms. The van der Waals surface area contributed by atoms with Gasteiger partial charge in [-0.2, -0.15) is 0 Å². The van der Waals surface area contributed by atoms with E-state index in [1.807, 2.05) is 0 Å². The molecule has 0 aromatic heterocycles. The van der Waals surface area contributed by atoms with E-state index in [2.05, 4.69) is 29.2 Å². The highest BCUT2D eigenvalue weighted by Gasteiger charge is 2.09. The van der Waals surface area contributed by atoms with E-state index in [-0.39, 0.29) is 6.61 Å². The molecule has 17 heavy (non-hydrogen) atoms. The van der Waals surface area contributed by atoms with E-state index in [4.69, 9.17) is 9.84 Å². The zero-order valence-electron chi connectivity index (χ0n) is 10.3. The molecule has 1 fully saturated rings. The first-order valence-corrected chi connectivity index (χ1v) is 6.37. The van der Waals surface area contributed by atoms with Crippen LogP contribution in [0.1, 0.15) is 11.1 Å². The van der Waals surface area contributed by atoms with Crippen LogP contribution in [0.4, 0.5) is 0 Å². The van der Waals surface area contributed by atoms with Gasteiger partial charge in [0.2, 0.25) is 0 Å². The molecule has 0 radical (unpaired) electrons. The van der Waals surface area contributed by atoms with E-state index in [1.54, 1.807) is 0 Å². The average molecular weight is 235 g/mol. The van der Waals surface area contributed by atoms with E-state index in [0.29, 0.717) is 0 Å². The van der Waals surface area contributed by atoms with Gasteiger partial charge in [0, 0.05) is 26.2 Å². The van der Waals surface area contributed by atoms with Gasteiger partial charge in [-0.05, 0) is 24.0 Å². The molecule has 3 nitrogen and oxygen atoms in total. The summed E-state index contributed by atoms with van der Waals surface area (Å²) in [5, 5.41) is 8.84. The molecule has 1 saturated heterocycles. The van der Waals surface area contributed by atoms with Gasteiger partial charge >= 0.3 is 0 Å². The maximum absolute atomic E-state index is 8.84. The number of aliphatic hydroxyl groups is 1. The summed E-state index contributed by atoms with van der Waals surface area (Å²) >= 11 is 0. The fraction of sp³-hybridized carbons (Fsp3) is 0.571. The van der Waals surface area contributed by atoms with E-state index in [9.17, 15) is 0 Å². The fourth-order valence-corrected chi connectivity index (χ4v) is 2.11. The van der Waals surface area contributed by atoms with E-state index < -0.39 is 0 Å². The second-order valence-corrected chi connectivity index (χ2v) is 4.49. The molecule has 94 valence electrons. The summed E-state index contributed by atoms with van der Waals surface area (Å²) in [6.45, 7) is 5.20. The Morgan fingerprint density at radius 3 is 2.18 bits per heavy atom. The predicted molar refractivity (Wildman–Crippen MR) is 68.2 cm³/mol. The number of aliphatic hydroxyl groups excluding tert-OH is 1. The maximum Gasteiger partial charge on any atom is 0.0594 e. The van der Waals surface area contributed by atoms with E-state index >= 15 is 0 Å². The molecule has 1 aromatic carbocycles. The van der Waals surface area contributed by atoms with Crippen LogP contribution in [0, 0.1) is 0 Å². The lowest BCUT2D eigenvalue weighted by Gasteiger charge is -2.26. The fourth-order valence-electron chi connectivity index (χ4n) is 2.11. The third kappa shape index (κ3) is 4.11. The van der Waals surface area contributed by atoms with E-state index in [0.717, 1.165) is 45.7 Å². The van der Waals surface area contributed by atoms with Crippen molar-refractivity contribution < 1.29 is 9.84 Å². The summed E-state index contributed by atoms with van der Waals surface area (Å²) in [6.07, 6.45) is 1.85. The predicted octanol–water partition coefficient (Wildman–Crippen LogP) is 1.10. The minimum absolute atomic E-state index is 0.229. The molecule has 0 atom stereocenters. The second kappa shape index (κ2) is 6.74. The summed E-state index contributed by atoms with van der Waals surface area (Å²) in [4.78, 5) is 2.45. The van der Waals surface area contributed by atoms with Gasteiger partial charge in [0.25, 0.3) is 0 Å². The normalized spacial score (nSPS) is 17.2. The number of benzene rings is 1. The quantitative estimate of drug-likeness (QED) is 0.829. The van der Waals surface area contributed by atoms with Gasteiger partial charge in [0.15, 0.2) is 0 Å². The zero-order chi connectivity index (χ0) is 11.9. The van der Waals surface area contributed by atoms with Crippen LogP contribution in [0.3, 0.4) is 0 Å². The Bertz CT molecular complexity index is 317. The third-order valence-electron chi connectivity index (χ3n) is 3.24. The molecule has 1 aliphatic rings. The van der Waals surface area contributed by atoms with Crippen LogP contribution in [0.2, 0.25) is 0 Å². The standard InChI is InChI=1S/C14H21NO2/c16-10-6-14-3-1-13(2-4-14)5-7-15-8-11-17-12-9-15/h1-4,16H,5-12H2. The van der Waals surface area contributed by atoms with E-state index in [1.165, 1.54) is 11.1 Å². The highest BCUT2D eigenvalue weighted by atomic mass is 16.5. The van der Waals surface area contributed by atoms with Crippen molar-refractivity contribution in [1.29, 1.82) is 0 Å². The lowest BCUT2D eigenvalue weighted by Crippen LogP contribution is -2.37. The molecule has 1 aromatic rings. The lowest BCUT2D eigenvalue weighted by molar-refractivity contribution is 0.0384. The minimum Gasteiger partial charge on any atom is -0.396 e. The van der Waals surface area contributed by atoms with Crippen LogP contribution < -0.4 is 0 Å². The van der Waals surface area contributed by atoms with Gasteiger partial charge < -0.3 is 9.84 Å². The van der Waals surface area contributed by atoms with Gasteiger partial charge in [-0.1, -0.05) is 24.3 Å². The molecule has 0 aliphatic carbocycles. The number of rotatable bonds is 5. The van der Waals surface area contributed by atoms with Gasteiger partial charge in [0.05, 0.1) is 13.2 Å². The van der Waals surface area contributed by atoms with Crippen molar-refractivity contribution in [3.63, 3.8) is 0 Å². The molecule has 0 spiro atoms. The van der Waals surface area contributed by atoms with Crippen LogP contribution in [-0.4, -0.2) is 49.5 Å². The minimum atomic E-state index is 0.229. The van der Waals surface area contributed by atoms with Crippen LogP contribution in [0.5, 0.6) is 0 Å². The van der Waals surface area contributed by atoms with Crippen molar-refractivity contribution in [1.82, 2.24) is 4.90 Å². The maximum atomic E-state index is 8.84. The first-order valence-electron chi connectivity index (χ1n) is 6.37. The van der Waals surface area contributed by atoms with Crippen molar-refractivity contribution in [2.24, 2.45) is 0 Å². The molecule has 1 heterocycles. The van der Waals surface area contributed by atoms with Gasteiger partial charge in [-0.15, -0.1) is 0 Å². The number of morpholine rings is 1. The van der Waals surface area contributed by atoms with Crippen molar-refractivity contribution >= 4 is 0 Å². The van der Waals surface area contributed by atoms with Crippen LogP contribution in [0.15, 0.2) is 24.3 Å². The van der Waals surface area contributed by atoms with Crippen LogP contribution >= 0.6 is 0 Å². The molecule has 0 saturated carbocycles. The average Bonchev–Trinajstić information content (AvgIpc) is 2.40. The van der Waals surface area contributed by atoms with Crippen LogP contribution in [-0.2, 0) is 17.6 Å². The van der Waals surface area contributed by atoms with Crippen molar-refractivity contribution in [3.8, 4) is 0 Å². The number of ether oxygens (including phenoxy) is 1. The first kappa shape index (κ1) is 12.6. The Hall–Kier alpha value is -0.900. The Kier molecular flexibility index (Phi) is 4.98. The summed E-state index contributed by atoms with van der Waals surface area (Å²) < 4.78 is 5.33. The highest BCUT2D eigenvalue weighted by Crippen LogP contribution is 2.07. The lowest BCUT2D eigenvalue weighted by atomic mass is 10.1.